The average molecular weight is 757 g/mol. The van der Waals surface area contributed by atoms with Gasteiger partial charge in [0.25, 0.3) is 0 Å². The van der Waals surface area contributed by atoms with E-state index in [0.717, 1.165) is 73.6 Å². The van der Waals surface area contributed by atoms with E-state index < -0.39 is 0 Å². The lowest BCUT2D eigenvalue weighted by Gasteiger charge is -2.18. The highest BCUT2D eigenvalue weighted by molar-refractivity contribution is 5.85. The predicted molar refractivity (Wildman–Crippen MR) is 219 cm³/mol. The van der Waals surface area contributed by atoms with Crippen LogP contribution in [0.25, 0.3) is 33.8 Å². The number of aromatic nitrogens is 6. The number of benzene rings is 2. The topological polar surface area (TPSA) is 119 Å². The number of hydrogen-bond donors (Lipinski definition) is 0. The van der Waals surface area contributed by atoms with E-state index in [1.54, 1.807) is 0 Å². The Kier molecular flexibility index (Phi) is 12.5. The minimum absolute atomic E-state index is 0.0482. The van der Waals surface area contributed by atoms with Crippen LogP contribution in [0, 0.1) is 27.7 Å². The molecule has 2 amide bonds. The summed E-state index contributed by atoms with van der Waals surface area (Å²) in [5.74, 6) is 1.54. The Labute approximate surface area is 328 Å². The first-order chi connectivity index (χ1) is 27.0. The van der Waals surface area contributed by atoms with Crippen LogP contribution in [-0.2, 0) is 22.4 Å². The second kappa shape index (κ2) is 17.6. The van der Waals surface area contributed by atoms with Crippen LogP contribution in [0.15, 0.2) is 72.8 Å². The Morgan fingerprint density at radius 2 is 1.16 bits per heavy atom. The van der Waals surface area contributed by atoms with Crippen LogP contribution in [0.2, 0.25) is 0 Å². The van der Waals surface area contributed by atoms with Gasteiger partial charge in [-0.25, -0.2) is 19.0 Å². The molecule has 2 aromatic carbocycles. The van der Waals surface area contributed by atoms with Crippen LogP contribution >= 0.6 is 0 Å². The van der Waals surface area contributed by atoms with Gasteiger partial charge in [0.1, 0.15) is 24.7 Å². The van der Waals surface area contributed by atoms with Gasteiger partial charge in [-0.3, -0.25) is 9.59 Å². The number of fused-ring (bicyclic) bond motifs is 2. The first-order valence-electron chi connectivity index (χ1n) is 19.4. The summed E-state index contributed by atoms with van der Waals surface area (Å²) in [5, 5.41) is 9.62. The Bertz CT molecular complexity index is 2190. The third-order valence-electron chi connectivity index (χ3n) is 9.97. The zero-order valence-electron chi connectivity index (χ0n) is 33.8. The van der Waals surface area contributed by atoms with Crippen LogP contribution in [0.1, 0.15) is 61.6 Å². The number of rotatable bonds is 16. The quantitative estimate of drug-likeness (QED) is 0.0954. The molecule has 0 fully saturated rings. The zero-order chi connectivity index (χ0) is 39.9. The molecule has 4 heterocycles. The maximum atomic E-state index is 13.2. The number of likely N-dealkylation sites (N-methyl/N-ethyl adjacent to an activating group) is 2. The monoisotopic (exact) mass is 756 g/mol. The van der Waals surface area contributed by atoms with Crippen LogP contribution < -0.4 is 9.47 Å². The molecule has 0 spiro atoms. The molecule has 0 bridgehead atoms. The van der Waals surface area contributed by atoms with Crippen molar-refractivity contribution in [2.75, 3.05) is 39.4 Å². The molecule has 0 saturated heterocycles. The summed E-state index contributed by atoms with van der Waals surface area (Å²) < 4.78 is 15.6. The maximum Gasteiger partial charge on any atom is 0.228 e. The van der Waals surface area contributed by atoms with Crippen molar-refractivity contribution in [3.63, 3.8) is 0 Å². The number of hydrogen-bond acceptors (Lipinski definition) is 8. The van der Waals surface area contributed by atoms with E-state index in [1.807, 2.05) is 147 Å². The van der Waals surface area contributed by atoms with Gasteiger partial charge in [0.2, 0.25) is 11.8 Å². The molecule has 0 N–H and O–H groups in total. The molecule has 6 aromatic rings. The van der Waals surface area contributed by atoms with Gasteiger partial charge >= 0.3 is 0 Å². The van der Waals surface area contributed by atoms with Gasteiger partial charge in [0, 0.05) is 54.3 Å². The van der Waals surface area contributed by atoms with Gasteiger partial charge in [0.05, 0.1) is 35.6 Å². The maximum absolute atomic E-state index is 13.2. The molecular weight excluding hydrogens is 705 g/mol. The van der Waals surface area contributed by atoms with Crippen molar-refractivity contribution >= 4 is 23.1 Å². The highest BCUT2D eigenvalue weighted by Gasteiger charge is 2.23. The number of carbonyl (C=O) groups excluding carboxylic acids is 2. The van der Waals surface area contributed by atoms with E-state index in [2.05, 4.69) is 0 Å². The molecule has 292 valence electrons. The lowest BCUT2D eigenvalue weighted by Crippen LogP contribution is -2.32. The van der Waals surface area contributed by atoms with Crippen LogP contribution in [-0.4, -0.2) is 90.2 Å². The summed E-state index contributed by atoms with van der Waals surface area (Å²) in [5.41, 5.74) is 10.1. The van der Waals surface area contributed by atoms with E-state index >= 15 is 0 Å². The van der Waals surface area contributed by atoms with E-state index in [-0.39, 0.29) is 24.7 Å². The highest BCUT2D eigenvalue weighted by Crippen LogP contribution is 2.30. The average Bonchev–Trinajstić information content (AvgIpc) is 3.73. The molecule has 0 aliphatic carbocycles. The van der Waals surface area contributed by atoms with E-state index in [1.165, 1.54) is 0 Å². The second-order valence-electron chi connectivity index (χ2n) is 13.8. The molecule has 0 aliphatic heterocycles. The van der Waals surface area contributed by atoms with Crippen LogP contribution in [0.4, 0.5) is 0 Å². The van der Waals surface area contributed by atoms with Crippen molar-refractivity contribution in [1.82, 2.24) is 39.0 Å². The number of ether oxygens (including phenoxy) is 2. The van der Waals surface area contributed by atoms with Crippen molar-refractivity contribution < 1.29 is 19.1 Å². The second-order valence-corrected chi connectivity index (χ2v) is 13.8. The summed E-state index contributed by atoms with van der Waals surface area (Å²) in [6.07, 6.45) is 4.28. The minimum Gasteiger partial charge on any atom is -0.490 e. The van der Waals surface area contributed by atoms with E-state index in [9.17, 15) is 9.59 Å². The van der Waals surface area contributed by atoms with Crippen molar-refractivity contribution in [3.05, 3.63) is 107 Å². The Morgan fingerprint density at radius 1 is 0.625 bits per heavy atom. The standard InChI is InChI=1S/C44H52N8O4/c1-9-49(10-2)39(53)27-37-41(48-51-32(8)26-30(6)45-44(37)51)33-15-19-35(20-16-33)55-23-13-14-24-56-36-21-17-34(18-22-36)42-38(28-40(54)50(11-3)12-4)52-43(46-42)29(5)25-31(7)47-52/h13-22,25-26H,9-12,23-24,27-28H2,1-8H3/b14-13+. The van der Waals surface area contributed by atoms with Crippen LogP contribution in [0.3, 0.4) is 0 Å². The lowest BCUT2D eigenvalue weighted by molar-refractivity contribution is -0.130. The predicted octanol–water partition coefficient (Wildman–Crippen LogP) is 7.18. The van der Waals surface area contributed by atoms with Crippen molar-refractivity contribution in [2.45, 2.75) is 68.2 Å². The minimum atomic E-state index is 0.0482. The summed E-state index contributed by atoms with van der Waals surface area (Å²) in [6.45, 7) is 19.2. The number of imidazole rings is 1. The van der Waals surface area contributed by atoms with E-state index in [4.69, 9.17) is 29.6 Å². The molecule has 0 aliphatic rings. The van der Waals surface area contributed by atoms with Gasteiger partial charge in [-0.1, -0.05) is 0 Å². The lowest BCUT2D eigenvalue weighted by atomic mass is 10.0. The van der Waals surface area contributed by atoms with Crippen molar-refractivity contribution in [1.29, 1.82) is 0 Å². The fourth-order valence-electron chi connectivity index (χ4n) is 7.04. The van der Waals surface area contributed by atoms with Crippen molar-refractivity contribution in [2.24, 2.45) is 0 Å². The Morgan fingerprint density at radius 3 is 1.71 bits per heavy atom. The fourth-order valence-corrected chi connectivity index (χ4v) is 7.04. The van der Waals surface area contributed by atoms with Gasteiger partial charge in [-0.15, -0.1) is 0 Å². The van der Waals surface area contributed by atoms with Gasteiger partial charge < -0.3 is 19.3 Å². The summed E-state index contributed by atoms with van der Waals surface area (Å²) in [7, 11) is 0. The van der Waals surface area contributed by atoms with Crippen LogP contribution in [0.5, 0.6) is 11.5 Å². The number of nitrogens with zero attached hydrogens (tertiary/aromatic N) is 8. The van der Waals surface area contributed by atoms with Gasteiger partial charge in [0.15, 0.2) is 11.3 Å². The molecule has 12 heteroatoms. The van der Waals surface area contributed by atoms with Gasteiger partial charge in [-0.05, 0) is 134 Å². The first-order valence-corrected chi connectivity index (χ1v) is 19.4. The summed E-state index contributed by atoms with van der Waals surface area (Å²) >= 11 is 0. The summed E-state index contributed by atoms with van der Waals surface area (Å²) in [4.78, 5) is 39.8. The molecule has 0 atom stereocenters. The molecule has 56 heavy (non-hydrogen) atoms. The highest BCUT2D eigenvalue weighted by atomic mass is 16.5. The SMILES string of the molecule is CCN(CC)C(=O)Cc1c(-c2ccc(OC/C=C/COc3ccc(-c4nc5c(C)cc(C)nn5c4CC(=O)N(CC)CC)cc3)cc2)nn2c(C)cc(C)nc12. The Hall–Kier alpha value is -6.04. The summed E-state index contributed by atoms with van der Waals surface area (Å²) in [6, 6.07) is 19.5. The molecule has 12 nitrogen and oxygen atoms in total. The molecule has 0 unspecified atom stereocenters. The molecule has 0 saturated carbocycles. The molecular formula is C44H52N8O4. The smallest absolute Gasteiger partial charge is 0.228 e. The number of carbonyl (C=O) groups is 2. The molecule has 4 aromatic heterocycles. The van der Waals surface area contributed by atoms with Gasteiger partial charge in [-0.2, -0.15) is 10.2 Å². The first kappa shape index (κ1) is 39.6. The fraction of sp³-hybridized carbons (Fsp3) is 0.364. The molecule has 0 radical (unpaired) electrons. The number of aryl methyl sites for hydroxylation is 4. The zero-order valence-corrected chi connectivity index (χ0v) is 33.8. The Balaban J connectivity index is 1.08. The largest absolute Gasteiger partial charge is 0.490 e. The number of amides is 2. The third-order valence-corrected chi connectivity index (χ3v) is 9.97. The van der Waals surface area contributed by atoms with E-state index in [0.29, 0.717) is 45.0 Å². The normalized spacial score (nSPS) is 11.5. The van der Waals surface area contributed by atoms with Crippen molar-refractivity contribution in [3.8, 4) is 34.0 Å². The third kappa shape index (κ3) is 8.59. The molecule has 6 rings (SSSR count).